The van der Waals surface area contributed by atoms with Gasteiger partial charge < -0.3 is 5.32 Å². The lowest BCUT2D eigenvalue weighted by molar-refractivity contribution is -0.140. The summed E-state index contributed by atoms with van der Waals surface area (Å²) in [5.41, 5.74) is -0.734. The molecule has 0 saturated carbocycles. The van der Waals surface area contributed by atoms with E-state index >= 15 is 0 Å². The van der Waals surface area contributed by atoms with Crippen molar-refractivity contribution in [3.8, 4) is 0 Å². The second-order valence-electron chi connectivity index (χ2n) is 6.09. The molecule has 0 aromatic heterocycles. The Balaban J connectivity index is 2.63. The summed E-state index contributed by atoms with van der Waals surface area (Å²) in [6, 6.07) is -0.741. The fourth-order valence-electron chi connectivity index (χ4n) is 2.27. The highest BCUT2D eigenvalue weighted by atomic mass is 32.2. The Bertz CT molecular complexity index is 499. The second kappa shape index (κ2) is 5.79. The standard InChI is InChI=1S/C12H23N3O4S/c1-8(2)15-10(16)6-9(11(15)17)13-7-12(3,4)14-20(5,18)19/h8-9,13-14H,6-7H2,1-5H3. The molecule has 116 valence electrons. The monoisotopic (exact) mass is 305 g/mol. The quantitative estimate of drug-likeness (QED) is 0.641. The van der Waals surface area contributed by atoms with Crippen LogP contribution in [0.15, 0.2) is 0 Å². The number of hydrogen-bond donors (Lipinski definition) is 2. The maximum atomic E-state index is 12.1. The van der Waals surface area contributed by atoms with Gasteiger partial charge in [-0.1, -0.05) is 0 Å². The summed E-state index contributed by atoms with van der Waals surface area (Å²) >= 11 is 0. The van der Waals surface area contributed by atoms with E-state index in [4.69, 9.17) is 0 Å². The molecule has 0 radical (unpaired) electrons. The van der Waals surface area contributed by atoms with Gasteiger partial charge in [-0.2, -0.15) is 0 Å². The van der Waals surface area contributed by atoms with E-state index in [1.165, 1.54) is 4.90 Å². The van der Waals surface area contributed by atoms with Crippen molar-refractivity contribution in [2.75, 3.05) is 12.8 Å². The van der Waals surface area contributed by atoms with E-state index in [0.717, 1.165) is 6.26 Å². The summed E-state index contributed by atoms with van der Waals surface area (Å²) in [4.78, 5) is 25.1. The molecule has 2 amide bonds. The molecule has 8 heteroatoms. The van der Waals surface area contributed by atoms with Crippen LogP contribution in [0.25, 0.3) is 0 Å². The minimum atomic E-state index is -3.33. The average Bonchev–Trinajstić information content (AvgIpc) is 2.47. The second-order valence-corrected chi connectivity index (χ2v) is 7.84. The number of carbonyl (C=O) groups excluding carboxylic acids is 2. The highest BCUT2D eigenvalue weighted by Gasteiger charge is 2.40. The van der Waals surface area contributed by atoms with E-state index in [-0.39, 0.29) is 30.8 Å². The number of likely N-dealkylation sites (tertiary alicyclic amines) is 1. The maximum absolute atomic E-state index is 12.1. The average molecular weight is 305 g/mol. The Labute approximate surface area is 120 Å². The minimum Gasteiger partial charge on any atom is -0.304 e. The van der Waals surface area contributed by atoms with Gasteiger partial charge >= 0.3 is 0 Å². The summed E-state index contributed by atoms with van der Waals surface area (Å²) in [5, 5.41) is 2.97. The topological polar surface area (TPSA) is 95.6 Å². The Morgan fingerprint density at radius 2 is 1.90 bits per heavy atom. The molecule has 0 aliphatic carbocycles. The smallest absolute Gasteiger partial charge is 0.247 e. The molecule has 1 atom stereocenters. The van der Waals surface area contributed by atoms with Crippen LogP contribution in [-0.4, -0.2) is 55.6 Å². The molecule has 0 spiro atoms. The molecule has 0 aromatic carbocycles. The van der Waals surface area contributed by atoms with Crippen LogP contribution in [0, 0.1) is 0 Å². The molecule has 1 saturated heterocycles. The normalized spacial score (nSPS) is 21.1. The molecule has 1 rings (SSSR count). The van der Waals surface area contributed by atoms with Gasteiger partial charge in [0.05, 0.1) is 18.7 Å². The van der Waals surface area contributed by atoms with E-state index in [0.29, 0.717) is 0 Å². The summed E-state index contributed by atoms with van der Waals surface area (Å²) in [6.07, 6.45) is 1.20. The fraction of sp³-hybridized carbons (Fsp3) is 0.833. The van der Waals surface area contributed by atoms with Crippen molar-refractivity contribution in [3.05, 3.63) is 0 Å². The number of rotatable bonds is 6. The van der Waals surface area contributed by atoms with Crippen molar-refractivity contribution in [1.82, 2.24) is 14.9 Å². The zero-order chi connectivity index (χ0) is 15.7. The Morgan fingerprint density at radius 1 is 1.35 bits per heavy atom. The molecule has 0 aromatic rings. The first-order chi connectivity index (χ1) is 8.93. The molecule has 1 fully saturated rings. The molecule has 1 aliphatic rings. The highest BCUT2D eigenvalue weighted by molar-refractivity contribution is 7.88. The summed E-state index contributed by atoms with van der Waals surface area (Å²) in [5.74, 6) is -0.448. The number of nitrogens with zero attached hydrogens (tertiary/aromatic N) is 1. The van der Waals surface area contributed by atoms with E-state index in [1.807, 2.05) is 0 Å². The van der Waals surface area contributed by atoms with Crippen molar-refractivity contribution in [3.63, 3.8) is 0 Å². The largest absolute Gasteiger partial charge is 0.304 e. The number of sulfonamides is 1. The lowest BCUT2D eigenvalue weighted by atomic mass is 10.1. The molecule has 2 N–H and O–H groups in total. The third kappa shape index (κ3) is 4.53. The van der Waals surface area contributed by atoms with E-state index < -0.39 is 21.6 Å². The fourth-order valence-corrected chi connectivity index (χ4v) is 3.35. The van der Waals surface area contributed by atoms with Gasteiger partial charge in [0.25, 0.3) is 0 Å². The third-order valence-electron chi connectivity index (χ3n) is 2.95. The van der Waals surface area contributed by atoms with Crippen LogP contribution >= 0.6 is 0 Å². The lowest BCUT2D eigenvalue weighted by Gasteiger charge is -2.27. The third-order valence-corrected chi connectivity index (χ3v) is 3.87. The number of carbonyl (C=O) groups is 2. The highest BCUT2D eigenvalue weighted by Crippen LogP contribution is 2.16. The van der Waals surface area contributed by atoms with Crippen molar-refractivity contribution in [1.29, 1.82) is 0 Å². The van der Waals surface area contributed by atoms with Crippen molar-refractivity contribution >= 4 is 21.8 Å². The van der Waals surface area contributed by atoms with Crippen molar-refractivity contribution in [2.24, 2.45) is 0 Å². The van der Waals surface area contributed by atoms with Crippen LogP contribution < -0.4 is 10.0 Å². The predicted octanol–water partition coefficient (Wildman–Crippen LogP) is -0.560. The predicted molar refractivity (Wildman–Crippen MR) is 75.5 cm³/mol. The van der Waals surface area contributed by atoms with E-state index in [2.05, 4.69) is 10.0 Å². The summed E-state index contributed by atoms with van der Waals surface area (Å²) < 4.78 is 24.9. The van der Waals surface area contributed by atoms with Gasteiger partial charge in [-0.3, -0.25) is 14.5 Å². The summed E-state index contributed by atoms with van der Waals surface area (Å²) in [6.45, 7) is 7.25. The summed E-state index contributed by atoms with van der Waals surface area (Å²) in [7, 11) is -3.33. The van der Waals surface area contributed by atoms with Gasteiger partial charge in [-0.15, -0.1) is 0 Å². The first-order valence-corrected chi connectivity index (χ1v) is 8.40. The van der Waals surface area contributed by atoms with Gasteiger partial charge in [-0.25, -0.2) is 13.1 Å². The number of amides is 2. The van der Waals surface area contributed by atoms with Crippen molar-refractivity contribution in [2.45, 2.75) is 51.7 Å². The van der Waals surface area contributed by atoms with Gasteiger partial charge in [-0.05, 0) is 27.7 Å². The molecule has 0 bridgehead atoms. The van der Waals surface area contributed by atoms with Gasteiger partial charge in [0.2, 0.25) is 21.8 Å². The van der Waals surface area contributed by atoms with Crippen LogP contribution in [0.4, 0.5) is 0 Å². The van der Waals surface area contributed by atoms with Crippen LogP contribution in [0.1, 0.15) is 34.1 Å². The van der Waals surface area contributed by atoms with Crippen molar-refractivity contribution < 1.29 is 18.0 Å². The first-order valence-electron chi connectivity index (χ1n) is 6.51. The lowest BCUT2D eigenvalue weighted by Crippen LogP contribution is -2.53. The molecule has 7 nitrogen and oxygen atoms in total. The maximum Gasteiger partial charge on any atom is 0.247 e. The van der Waals surface area contributed by atoms with Crippen LogP contribution in [0.3, 0.4) is 0 Å². The van der Waals surface area contributed by atoms with Crippen LogP contribution in [0.2, 0.25) is 0 Å². The van der Waals surface area contributed by atoms with Crippen LogP contribution in [0.5, 0.6) is 0 Å². The first kappa shape index (κ1) is 17.1. The molecule has 1 unspecified atom stereocenters. The molecule has 20 heavy (non-hydrogen) atoms. The van der Waals surface area contributed by atoms with Gasteiger partial charge in [0.15, 0.2) is 0 Å². The number of hydrogen-bond acceptors (Lipinski definition) is 5. The minimum absolute atomic E-state index is 0.117. The van der Waals surface area contributed by atoms with Gasteiger partial charge in [0, 0.05) is 18.1 Å². The van der Waals surface area contributed by atoms with E-state index in [9.17, 15) is 18.0 Å². The van der Waals surface area contributed by atoms with Crippen LogP contribution in [-0.2, 0) is 19.6 Å². The number of nitrogens with one attached hydrogen (secondary N) is 2. The van der Waals surface area contributed by atoms with Gasteiger partial charge in [0.1, 0.15) is 0 Å². The SMILES string of the molecule is CC(C)N1C(=O)CC(NCC(C)(C)NS(C)(=O)=O)C1=O. The molecular weight excluding hydrogens is 282 g/mol. The molecule has 1 aliphatic heterocycles. The zero-order valence-electron chi connectivity index (χ0n) is 12.6. The number of imide groups is 1. The molecule has 1 heterocycles. The zero-order valence-corrected chi connectivity index (χ0v) is 13.4. The Hall–Kier alpha value is -0.990. The Morgan fingerprint density at radius 3 is 2.30 bits per heavy atom. The molecular formula is C12H23N3O4S. The Kier molecular flexibility index (Phi) is 4.94. The van der Waals surface area contributed by atoms with E-state index in [1.54, 1.807) is 27.7 Å².